The van der Waals surface area contributed by atoms with Gasteiger partial charge in [-0.3, -0.25) is 4.79 Å². The Morgan fingerprint density at radius 2 is 0.619 bits per heavy atom. The average molecular weight is 590 g/mol. The molecule has 2 heteroatoms. The summed E-state index contributed by atoms with van der Waals surface area (Å²) in [5.41, 5.74) is 6.56. The smallest absolute Gasteiger partial charge is 0.244 e. The Bertz CT molecular complexity index is 554. The van der Waals surface area contributed by atoms with E-state index in [1.807, 2.05) is 0 Å². The normalized spacial score (nSPS) is 11.9. The highest BCUT2D eigenvalue weighted by Gasteiger charge is 2.04. The molecule has 0 atom stereocenters. The van der Waals surface area contributed by atoms with Gasteiger partial charge >= 0.3 is 0 Å². The van der Waals surface area contributed by atoms with Crippen LogP contribution in [-0.2, 0) is 4.79 Å². The maximum absolute atomic E-state index is 11.9. The Kier molecular flexibility index (Phi) is 35.7. The van der Waals surface area contributed by atoms with Crippen molar-refractivity contribution >= 4 is 5.91 Å². The first kappa shape index (κ1) is 41.2. The number of hydrogen-bond donors (Lipinski definition) is 1. The predicted octanol–water partition coefficient (Wildman–Crippen LogP) is 14.1. The number of rotatable bonds is 36. The minimum absolute atomic E-state index is 0.192. The fraction of sp³-hybridized carbons (Fsp3) is 0.925. The zero-order chi connectivity index (χ0) is 30.6. The summed E-state index contributed by atoms with van der Waals surface area (Å²) >= 11 is 0. The Balaban J connectivity index is 3.44. The van der Waals surface area contributed by atoms with Crippen molar-refractivity contribution in [3.05, 3.63) is 11.6 Å². The lowest BCUT2D eigenvalue weighted by Gasteiger charge is -2.06. The molecule has 0 fully saturated rings. The van der Waals surface area contributed by atoms with Crippen LogP contribution in [0.5, 0.6) is 0 Å². The molecule has 1 amide bonds. The Morgan fingerprint density at radius 1 is 0.381 bits per heavy atom. The summed E-state index contributed by atoms with van der Waals surface area (Å²) in [6, 6.07) is 0. The number of unbranched alkanes of at least 4 members (excludes halogenated alkanes) is 32. The van der Waals surface area contributed by atoms with Gasteiger partial charge in [-0.15, -0.1) is 0 Å². The molecule has 0 bridgehead atoms. The van der Waals surface area contributed by atoms with Crippen molar-refractivity contribution in [1.82, 2.24) is 0 Å². The van der Waals surface area contributed by atoms with Gasteiger partial charge in [0.15, 0.2) is 0 Å². The van der Waals surface area contributed by atoms with Crippen LogP contribution in [0.25, 0.3) is 0 Å². The van der Waals surface area contributed by atoms with Crippen LogP contribution >= 0.6 is 0 Å². The molecule has 0 aliphatic rings. The van der Waals surface area contributed by atoms with E-state index in [0.717, 1.165) is 24.8 Å². The molecule has 250 valence electrons. The highest BCUT2D eigenvalue weighted by molar-refractivity contribution is 5.91. The summed E-state index contributed by atoms with van der Waals surface area (Å²) in [5.74, 6) is -0.192. The van der Waals surface area contributed by atoms with Gasteiger partial charge in [-0.05, 0) is 25.7 Å². The third-order valence-electron chi connectivity index (χ3n) is 9.31. The first-order valence-electron chi connectivity index (χ1n) is 19.7. The molecular weight excluding hydrogens is 510 g/mol. The van der Waals surface area contributed by atoms with E-state index in [-0.39, 0.29) is 5.91 Å². The van der Waals surface area contributed by atoms with Crippen LogP contribution in [0, 0.1) is 0 Å². The van der Waals surface area contributed by atoms with Crippen molar-refractivity contribution in [3.63, 3.8) is 0 Å². The molecule has 0 heterocycles. The van der Waals surface area contributed by atoms with E-state index in [4.69, 9.17) is 5.73 Å². The van der Waals surface area contributed by atoms with E-state index in [2.05, 4.69) is 19.9 Å². The number of carbonyl (C=O) groups is 1. The zero-order valence-electron chi connectivity index (χ0n) is 29.3. The second-order valence-electron chi connectivity index (χ2n) is 13.6. The summed E-state index contributed by atoms with van der Waals surface area (Å²) in [7, 11) is 0. The van der Waals surface area contributed by atoms with Gasteiger partial charge in [-0.25, -0.2) is 0 Å². The van der Waals surface area contributed by atoms with Crippen molar-refractivity contribution in [2.45, 2.75) is 239 Å². The van der Waals surface area contributed by atoms with E-state index in [0.29, 0.717) is 0 Å². The molecular formula is C40H79NO. The van der Waals surface area contributed by atoms with Crippen LogP contribution in [0.3, 0.4) is 0 Å². The molecule has 2 nitrogen and oxygen atoms in total. The first-order chi connectivity index (χ1) is 20.7. The third kappa shape index (κ3) is 33.7. The Morgan fingerprint density at radius 3 is 0.881 bits per heavy atom. The highest BCUT2D eigenvalue weighted by Crippen LogP contribution is 2.17. The van der Waals surface area contributed by atoms with E-state index >= 15 is 0 Å². The van der Waals surface area contributed by atoms with Crippen LogP contribution in [0.1, 0.15) is 239 Å². The van der Waals surface area contributed by atoms with Gasteiger partial charge in [0.05, 0.1) is 0 Å². The van der Waals surface area contributed by atoms with Crippen molar-refractivity contribution < 1.29 is 4.79 Å². The number of carbonyl (C=O) groups excluding carboxylic acids is 1. The molecule has 0 aromatic carbocycles. The largest absolute Gasteiger partial charge is 0.366 e. The lowest BCUT2D eigenvalue weighted by molar-refractivity contribution is -0.114. The van der Waals surface area contributed by atoms with Crippen molar-refractivity contribution in [1.29, 1.82) is 0 Å². The first-order valence-corrected chi connectivity index (χ1v) is 19.7. The lowest BCUT2D eigenvalue weighted by Crippen LogP contribution is -2.14. The van der Waals surface area contributed by atoms with Crippen LogP contribution in [0.2, 0.25) is 0 Å². The van der Waals surface area contributed by atoms with Crippen LogP contribution in [-0.4, -0.2) is 5.91 Å². The van der Waals surface area contributed by atoms with Gasteiger partial charge < -0.3 is 5.73 Å². The zero-order valence-corrected chi connectivity index (χ0v) is 29.3. The number of allylic oxidation sites excluding steroid dienone is 1. The number of primary amides is 1. The third-order valence-corrected chi connectivity index (χ3v) is 9.31. The summed E-state index contributed by atoms with van der Waals surface area (Å²) < 4.78 is 0. The summed E-state index contributed by atoms with van der Waals surface area (Å²) in [4.78, 5) is 11.9. The monoisotopic (exact) mass is 590 g/mol. The maximum atomic E-state index is 11.9. The second-order valence-corrected chi connectivity index (χ2v) is 13.6. The molecule has 0 saturated heterocycles. The number of hydrogen-bond acceptors (Lipinski definition) is 1. The van der Waals surface area contributed by atoms with Crippen LogP contribution in [0.15, 0.2) is 11.6 Å². The standard InChI is InChI=1S/C40H79NO/c1-3-5-7-9-11-13-15-17-19-21-22-24-26-28-30-32-34-36-38-39(40(41)42)37-35-33-31-29-27-25-23-20-18-16-14-12-10-8-6-4-2/h38H,3-37H2,1-2H3,(H2,41,42)/b39-38+. The maximum Gasteiger partial charge on any atom is 0.244 e. The molecule has 0 aromatic rings. The van der Waals surface area contributed by atoms with Crippen molar-refractivity contribution in [2.75, 3.05) is 0 Å². The van der Waals surface area contributed by atoms with Gasteiger partial charge in [0, 0.05) is 5.57 Å². The SMILES string of the molecule is CCCCCCCCCCCCCCCCCCC/C=C(\CCCCCCCCCCCCCCCCCC)C(N)=O. The van der Waals surface area contributed by atoms with Gasteiger partial charge in [0.1, 0.15) is 0 Å². The number of nitrogens with two attached hydrogens (primary N) is 1. The Hall–Kier alpha value is -0.790. The second kappa shape index (κ2) is 36.4. The summed E-state index contributed by atoms with van der Waals surface area (Å²) in [6.07, 6.45) is 50.0. The highest BCUT2D eigenvalue weighted by atomic mass is 16.1. The molecule has 0 aliphatic carbocycles. The quantitative estimate of drug-likeness (QED) is 0.0573. The molecule has 0 radical (unpaired) electrons. The van der Waals surface area contributed by atoms with Crippen molar-refractivity contribution in [2.24, 2.45) is 5.73 Å². The van der Waals surface area contributed by atoms with Crippen LogP contribution < -0.4 is 5.73 Å². The minimum Gasteiger partial charge on any atom is -0.366 e. The molecule has 2 N–H and O–H groups in total. The van der Waals surface area contributed by atoms with Gasteiger partial charge in [0.25, 0.3) is 0 Å². The molecule has 42 heavy (non-hydrogen) atoms. The predicted molar refractivity (Wildman–Crippen MR) is 190 cm³/mol. The van der Waals surface area contributed by atoms with Gasteiger partial charge in [-0.1, -0.05) is 219 Å². The molecule has 0 aromatic heterocycles. The van der Waals surface area contributed by atoms with Gasteiger partial charge in [0.2, 0.25) is 5.91 Å². The van der Waals surface area contributed by atoms with E-state index in [9.17, 15) is 4.79 Å². The van der Waals surface area contributed by atoms with E-state index in [1.54, 1.807) is 0 Å². The van der Waals surface area contributed by atoms with E-state index in [1.165, 1.54) is 205 Å². The minimum atomic E-state index is -0.192. The summed E-state index contributed by atoms with van der Waals surface area (Å²) in [6.45, 7) is 4.59. The molecule has 0 spiro atoms. The van der Waals surface area contributed by atoms with Crippen LogP contribution in [0.4, 0.5) is 0 Å². The topological polar surface area (TPSA) is 43.1 Å². The summed E-state index contributed by atoms with van der Waals surface area (Å²) in [5, 5.41) is 0. The molecule has 0 aliphatic heterocycles. The fourth-order valence-electron chi connectivity index (χ4n) is 6.33. The number of amides is 1. The lowest BCUT2D eigenvalue weighted by atomic mass is 10.0. The Labute approximate surface area is 266 Å². The van der Waals surface area contributed by atoms with E-state index < -0.39 is 0 Å². The molecule has 0 saturated carbocycles. The van der Waals surface area contributed by atoms with Crippen molar-refractivity contribution in [3.8, 4) is 0 Å². The average Bonchev–Trinajstić information content (AvgIpc) is 2.99. The molecule has 0 unspecified atom stereocenters. The molecule has 0 rings (SSSR count). The fourth-order valence-corrected chi connectivity index (χ4v) is 6.33. The van der Waals surface area contributed by atoms with Gasteiger partial charge in [-0.2, -0.15) is 0 Å².